The van der Waals surface area contributed by atoms with Gasteiger partial charge in [0.2, 0.25) is 5.91 Å². The largest absolute Gasteiger partial charge is 0.497 e. The van der Waals surface area contributed by atoms with E-state index in [9.17, 15) is 14.4 Å². The normalized spacial score (nSPS) is 17.6. The van der Waals surface area contributed by atoms with Gasteiger partial charge in [-0.25, -0.2) is 5.01 Å². The first-order valence-corrected chi connectivity index (χ1v) is 6.07. The molecule has 0 radical (unpaired) electrons. The summed E-state index contributed by atoms with van der Waals surface area (Å²) < 4.78 is 4.99. The minimum atomic E-state index is -0.646. The molecule has 0 aliphatic carbocycles. The molecule has 2 rings (SSSR count). The quantitative estimate of drug-likeness (QED) is 0.732. The molecule has 1 aromatic carbocycles. The number of amides is 3. The standard InChI is InChI=1S/C13H15N3O4.H2O/c1-8-13(19)16(7-11(17)14-8)15-12(18)9-3-5-10(20-2)6-4-9;/h3-6,8H,7H2,1-2H3,(H,14,17)(H,15,18);1H2/t8-;/m0./s1. The summed E-state index contributed by atoms with van der Waals surface area (Å²) in [6, 6.07) is 5.79. The van der Waals surface area contributed by atoms with Crippen molar-refractivity contribution in [2.24, 2.45) is 0 Å². The van der Waals surface area contributed by atoms with Crippen LogP contribution in [0.1, 0.15) is 17.3 Å². The fraction of sp³-hybridized carbons (Fsp3) is 0.308. The van der Waals surface area contributed by atoms with E-state index in [0.717, 1.165) is 5.01 Å². The summed E-state index contributed by atoms with van der Waals surface area (Å²) in [5.74, 6) is -0.495. The zero-order valence-electron chi connectivity index (χ0n) is 11.7. The molecule has 0 bridgehead atoms. The van der Waals surface area contributed by atoms with Gasteiger partial charge in [0.05, 0.1) is 7.11 Å². The number of carbonyl (C=O) groups excluding carboxylic acids is 3. The minimum absolute atomic E-state index is 0. The summed E-state index contributed by atoms with van der Waals surface area (Å²) in [6.45, 7) is 1.37. The molecule has 0 spiro atoms. The molecule has 1 aliphatic heterocycles. The molecule has 4 N–H and O–H groups in total. The number of hydrogen-bond donors (Lipinski definition) is 2. The highest BCUT2D eigenvalue weighted by Crippen LogP contribution is 2.11. The fourth-order valence-corrected chi connectivity index (χ4v) is 1.83. The Bertz CT molecular complexity index is 543. The first-order chi connectivity index (χ1) is 9.51. The van der Waals surface area contributed by atoms with Gasteiger partial charge in [0, 0.05) is 5.56 Å². The smallest absolute Gasteiger partial charge is 0.269 e. The Labute approximate surface area is 121 Å². The second kappa shape index (κ2) is 6.71. The Morgan fingerprint density at radius 1 is 1.33 bits per heavy atom. The van der Waals surface area contributed by atoms with Crippen molar-refractivity contribution in [1.29, 1.82) is 0 Å². The van der Waals surface area contributed by atoms with Gasteiger partial charge in [0.1, 0.15) is 18.3 Å². The van der Waals surface area contributed by atoms with E-state index in [1.54, 1.807) is 31.2 Å². The van der Waals surface area contributed by atoms with Crippen LogP contribution in [0, 0.1) is 0 Å². The van der Waals surface area contributed by atoms with Crippen LogP contribution in [0.25, 0.3) is 0 Å². The minimum Gasteiger partial charge on any atom is -0.497 e. The molecule has 1 aromatic rings. The van der Waals surface area contributed by atoms with Crippen molar-refractivity contribution in [2.45, 2.75) is 13.0 Å². The molecule has 8 heteroatoms. The van der Waals surface area contributed by atoms with Gasteiger partial charge in [-0.3, -0.25) is 19.8 Å². The van der Waals surface area contributed by atoms with E-state index in [0.29, 0.717) is 11.3 Å². The number of hydrazine groups is 1. The highest BCUT2D eigenvalue weighted by atomic mass is 16.5. The Hall–Kier alpha value is -2.61. The SMILES string of the molecule is COc1ccc(C(=O)NN2CC(=O)N[C@@H](C)C2=O)cc1.O. The number of rotatable bonds is 3. The maximum Gasteiger partial charge on any atom is 0.269 e. The lowest BCUT2D eigenvalue weighted by Crippen LogP contribution is -2.61. The molecule has 8 nitrogen and oxygen atoms in total. The van der Waals surface area contributed by atoms with Gasteiger partial charge in [-0.15, -0.1) is 0 Å². The number of benzene rings is 1. The molecular weight excluding hydrogens is 278 g/mol. The van der Waals surface area contributed by atoms with Gasteiger partial charge in [-0.05, 0) is 31.2 Å². The lowest BCUT2D eigenvalue weighted by molar-refractivity contribution is -0.146. The van der Waals surface area contributed by atoms with Crippen molar-refractivity contribution in [3.05, 3.63) is 29.8 Å². The molecule has 1 fully saturated rings. The number of nitrogens with one attached hydrogen (secondary N) is 2. The molecule has 0 saturated carbocycles. The molecule has 114 valence electrons. The zero-order chi connectivity index (χ0) is 14.7. The highest BCUT2D eigenvalue weighted by Gasteiger charge is 2.30. The maximum atomic E-state index is 12.0. The first-order valence-electron chi connectivity index (χ1n) is 6.07. The van der Waals surface area contributed by atoms with Crippen LogP contribution in [0.3, 0.4) is 0 Å². The number of hydrogen-bond acceptors (Lipinski definition) is 4. The number of piperazine rings is 1. The maximum absolute atomic E-state index is 12.0. The van der Waals surface area contributed by atoms with Crippen LogP contribution in [0.2, 0.25) is 0 Å². The van der Waals surface area contributed by atoms with E-state index in [4.69, 9.17) is 4.74 Å². The Balaban J connectivity index is 0.00000220. The molecule has 0 aromatic heterocycles. The van der Waals surface area contributed by atoms with Crippen LogP contribution in [-0.2, 0) is 9.59 Å². The van der Waals surface area contributed by atoms with E-state index in [-0.39, 0.29) is 23.8 Å². The average Bonchev–Trinajstić information content (AvgIpc) is 2.44. The number of carbonyl (C=O) groups is 3. The van der Waals surface area contributed by atoms with Gasteiger partial charge in [0.15, 0.2) is 0 Å². The molecule has 3 amide bonds. The van der Waals surface area contributed by atoms with Gasteiger partial charge in [-0.1, -0.05) is 0 Å². The molecule has 1 aliphatic rings. The number of nitrogens with zero attached hydrogens (tertiary/aromatic N) is 1. The lowest BCUT2D eigenvalue weighted by Gasteiger charge is -2.30. The van der Waals surface area contributed by atoms with Gasteiger partial charge in [-0.2, -0.15) is 0 Å². The van der Waals surface area contributed by atoms with E-state index in [1.807, 2.05) is 0 Å². The third kappa shape index (κ3) is 3.69. The van der Waals surface area contributed by atoms with Crippen LogP contribution in [0.4, 0.5) is 0 Å². The van der Waals surface area contributed by atoms with Crippen molar-refractivity contribution in [3.63, 3.8) is 0 Å². The van der Waals surface area contributed by atoms with Crippen molar-refractivity contribution in [3.8, 4) is 5.75 Å². The third-order valence-corrected chi connectivity index (χ3v) is 2.90. The van der Waals surface area contributed by atoms with Crippen molar-refractivity contribution in [2.75, 3.05) is 13.7 Å². The Morgan fingerprint density at radius 2 is 1.95 bits per heavy atom. The van der Waals surface area contributed by atoms with Crippen LogP contribution in [0.5, 0.6) is 5.75 Å². The van der Waals surface area contributed by atoms with Gasteiger partial charge < -0.3 is 15.5 Å². The van der Waals surface area contributed by atoms with Gasteiger partial charge in [0.25, 0.3) is 11.8 Å². The molecule has 21 heavy (non-hydrogen) atoms. The summed E-state index contributed by atoms with van der Waals surface area (Å²) in [7, 11) is 1.53. The predicted octanol–water partition coefficient (Wildman–Crippen LogP) is -1.14. The summed E-state index contributed by atoms with van der Waals surface area (Å²) in [4.78, 5) is 35.2. The fourth-order valence-electron chi connectivity index (χ4n) is 1.83. The average molecular weight is 295 g/mol. The number of methoxy groups -OCH3 is 1. The van der Waals surface area contributed by atoms with Crippen LogP contribution in [-0.4, -0.2) is 47.9 Å². The second-order valence-electron chi connectivity index (χ2n) is 4.38. The van der Waals surface area contributed by atoms with Gasteiger partial charge >= 0.3 is 0 Å². The molecule has 1 saturated heterocycles. The predicted molar refractivity (Wildman–Crippen MR) is 73.4 cm³/mol. The van der Waals surface area contributed by atoms with E-state index in [1.165, 1.54) is 7.11 Å². The Kier molecular flexibility index (Phi) is 5.25. The molecule has 0 unspecified atom stereocenters. The van der Waals surface area contributed by atoms with E-state index in [2.05, 4.69) is 10.7 Å². The molecule has 1 atom stereocenters. The van der Waals surface area contributed by atoms with Crippen molar-refractivity contribution < 1.29 is 24.6 Å². The third-order valence-electron chi connectivity index (χ3n) is 2.90. The Morgan fingerprint density at radius 3 is 2.52 bits per heavy atom. The van der Waals surface area contributed by atoms with Crippen molar-refractivity contribution >= 4 is 17.7 Å². The topological polar surface area (TPSA) is 119 Å². The number of ether oxygens (including phenoxy) is 1. The van der Waals surface area contributed by atoms with E-state index >= 15 is 0 Å². The summed E-state index contributed by atoms with van der Waals surface area (Å²) >= 11 is 0. The lowest BCUT2D eigenvalue weighted by atomic mass is 10.2. The zero-order valence-corrected chi connectivity index (χ0v) is 11.7. The summed E-state index contributed by atoms with van der Waals surface area (Å²) in [6.07, 6.45) is 0. The van der Waals surface area contributed by atoms with E-state index < -0.39 is 11.9 Å². The molecular formula is C13H17N3O5. The van der Waals surface area contributed by atoms with Crippen LogP contribution in [0.15, 0.2) is 24.3 Å². The van der Waals surface area contributed by atoms with Crippen LogP contribution < -0.4 is 15.5 Å². The first kappa shape index (κ1) is 16.4. The van der Waals surface area contributed by atoms with Crippen molar-refractivity contribution in [1.82, 2.24) is 15.8 Å². The summed E-state index contributed by atoms with van der Waals surface area (Å²) in [5, 5.41) is 3.51. The van der Waals surface area contributed by atoms with Crippen LogP contribution >= 0.6 is 0 Å². The second-order valence-corrected chi connectivity index (χ2v) is 4.38. The molecule has 1 heterocycles. The monoisotopic (exact) mass is 295 g/mol. The highest BCUT2D eigenvalue weighted by molar-refractivity contribution is 5.99. The summed E-state index contributed by atoms with van der Waals surface area (Å²) in [5.41, 5.74) is 2.80.